The molecule has 0 bridgehead atoms. The Bertz CT molecular complexity index is 1450. The third kappa shape index (κ3) is 5.55. The van der Waals surface area contributed by atoms with Gasteiger partial charge in [-0.25, -0.2) is 4.79 Å². The van der Waals surface area contributed by atoms with Gasteiger partial charge in [0, 0.05) is 16.6 Å². The minimum absolute atomic E-state index is 0.0230. The monoisotopic (exact) mass is 509 g/mol. The van der Waals surface area contributed by atoms with Gasteiger partial charge in [0.25, 0.3) is 5.91 Å². The van der Waals surface area contributed by atoms with E-state index in [1.807, 2.05) is 6.07 Å². The van der Waals surface area contributed by atoms with Gasteiger partial charge in [-0.1, -0.05) is 12.1 Å². The first-order valence-electron chi connectivity index (χ1n) is 11.4. The summed E-state index contributed by atoms with van der Waals surface area (Å²) >= 11 is 0. The molecule has 0 radical (unpaired) electrons. The van der Waals surface area contributed by atoms with E-state index in [2.05, 4.69) is 4.74 Å². The fourth-order valence-electron chi connectivity index (χ4n) is 4.17. The molecule has 0 fully saturated rings. The predicted molar refractivity (Wildman–Crippen MR) is 133 cm³/mol. The Labute approximate surface area is 211 Å². The topological polar surface area (TPSA) is 87.0 Å². The first kappa shape index (κ1) is 25.7. The van der Waals surface area contributed by atoms with Crippen LogP contribution in [-0.2, 0) is 11.2 Å². The number of hydrogen-bond donors (Lipinski definition) is 1. The zero-order valence-corrected chi connectivity index (χ0v) is 20.4. The summed E-state index contributed by atoms with van der Waals surface area (Å²) in [6.45, 7) is 0.231. The molecule has 0 aliphatic carbocycles. The van der Waals surface area contributed by atoms with Crippen LogP contribution in [0.3, 0.4) is 0 Å². The van der Waals surface area contributed by atoms with Gasteiger partial charge in [0.2, 0.25) is 0 Å². The van der Waals surface area contributed by atoms with Crippen molar-refractivity contribution in [2.24, 2.45) is 0 Å². The zero-order chi connectivity index (χ0) is 26.7. The first-order valence-corrected chi connectivity index (χ1v) is 11.4. The number of carbonyl (C=O) groups is 2. The summed E-state index contributed by atoms with van der Waals surface area (Å²) in [5.41, 5.74) is 3.13. The number of ether oxygens (including phenoxy) is 3. The lowest BCUT2D eigenvalue weighted by atomic mass is 10.0. The summed E-state index contributed by atoms with van der Waals surface area (Å²) in [4.78, 5) is 24.7. The maximum atomic E-state index is 13.5. The molecule has 37 heavy (non-hydrogen) atoms. The number of benzene rings is 3. The smallest absolute Gasteiger partial charge is 0.387 e. The fourth-order valence-corrected chi connectivity index (χ4v) is 4.17. The van der Waals surface area contributed by atoms with Gasteiger partial charge in [-0.05, 0) is 86.0 Å². The molecule has 192 valence electrons. The van der Waals surface area contributed by atoms with Crippen LogP contribution in [-0.4, -0.2) is 41.4 Å². The summed E-state index contributed by atoms with van der Waals surface area (Å²) in [5, 5.41) is 9.72. The summed E-state index contributed by atoms with van der Waals surface area (Å²) in [7, 11) is 1.54. The molecule has 1 heterocycles. The molecule has 0 aliphatic rings. The third-order valence-corrected chi connectivity index (χ3v) is 6.01. The highest BCUT2D eigenvalue weighted by atomic mass is 19.3. The highest BCUT2D eigenvalue weighted by Gasteiger charge is 2.22. The largest absolute Gasteiger partial charge is 0.497 e. The number of nitrogens with zero attached hydrogens (tertiary/aromatic N) is 1. The Kier molecular flexibility index (Phi) is 7.42. The van der Waals surface area contributed by atoms with Gasteiger partial charge in [0.15, 0.2) is 6.10 Å². The number of alkyl halides is 2. The van der Waals surface area contributed by atoms with Crippen LogP contribution in [0.25, 0.3) is 10.9 Å². The van der Waals surface area contributed by atoms with E-state index < -0.39 is 18.7 Å². The molecular formula is C28H25F2NO6. The number of halogens is 2. The van der Waals surface area contributed by atoms with E-state index in [1.54, 1.807) is 60.0 Å². The van der Waals surface area contributed by atoms with Gasteiger partial charge in [-0.15, -0.1) is 0 Å². The van der Waals surface area contributed by atoms with Crippen molar-refractivity contribution in [3.8, 4) is 17.2 Å². The number of aromatic nitrogens is 1. The lowest BCUT2D eigenvalue weighted by Crippen LogP contribution is -2.22. The molecule has 0 amide bonds. The Hall–Kier alpha value is -4.40. The van der Waals surface area contributed by atoms with E-state index >= 15 is 0 Å². The van der Waals surface area contributed by atoms with E-state index in [1.165, 1.54) is 26.2 Å². The van der Waals surface area contributed by atoms with Crippen molar-refractivity contribution in [2.75, 3.05) is 7.11 Å². The summed E-state index contributed by atoms with van der Waals surface area (Å²) in [6, 6.07) is 18.1. The summed E-state index contributed by atoms with van der Waals surface area (Å²) in [5.74, 6) is -0.409. The zero-order valence-electron chi connectivity index (χ0n) is 20.4. The lowest BCUT2D eigenvalue weighted by Gasteiger charge is -2.12. The van der Waals surface area contributed by atoms with E-state index in [4.69, 9.17) is 14.6 Å². The van der Waals surface area contributed by atoms with Crippen LogP contribution in [0.1, 0.15) is 34.1 Å². The Morgan fingerprint density at radius 3 is 2.27 bits per heavy atom. The van der Waals surface area contributed by atoms with Gasteiger partial charge in [0.1, 0.15) is 17.2 Å². The van der Waals surface area contributed by atoms with Crippen molar-refractivity contribution in [3.63, 3.8) is 0 Å². The number of carboxylic acid groups (broad SMARTS) is 1. The molecule has 1 atom stereocenters. The normalized spacial score (nSPS) is 11.9. The number of carboxylic acids is 1. The molecule has 3 aromatic carbocycles. The average molecular weight is 510 g/mol. The highest BCUT2D eigenvalue weighted by molar-refractivity contribution is 6.04. The van der Waals surface area contributed by atoms with Crippen LogP contribution < -0.4 is 14.2 Å². The van der Waals surface area contributed by atoms with Crippen molar-refractivity contribution >= 4 is 22.8 Å². The van der Waals surface area contributed by atoms with E-state index in [-0.39, 0.29) is 11.7 Å². The van der Waals surface area contributed by atoms with Crippen LogP contribution >= 0.6 is 0 Å². The van der Waals surface area contributed by atoms with Crippen LogP contribution in [0.5, 0.6) is 17.2 Å². The molecule has 0 saturated carbocycles. The van der Waals surface area contributed by atoms with Crippen molar-refractivity contribution in [3.05, 3.63) is 89.1 Å². The van der Waals surface area contributed by atoms with Crippen molar-refractivity contribution in [1.29, 1.82) is 0 Å². The average Bonchev–Trinajstić information content (AvgIpc) is 3.14. The van der Waals surface area contributed by atoms with Crippen molar-refractivity contribution in [2.45, 2.75) is 33.0 Å². The maximum absolute atomic E-state index is 13.5. The van der Waals surface area contributed by atoms with Crippen LogP contribution in [0, 0.1) is 6.92 Å². The number of carbonyl (C=O) groups excluding carboxylic acids is 1. The number of methoxy groups -OCH3 is 1. The van der Waals surface area contributed by atoms with Crippen LogP contribution in [0.15, 0.2) is 66.7 Å². The second-order valence-electron chi connectivity index (χ2n) is 8.41. The first-order chi connectivity index (χ1) is 17.7. The molecule has 9 heteroatoms. The second-order valence-corrected chi connectivity index (χ2v) is 8.41. The number of aliphatic carboxylic acids is 1. The van der Waals surface area contributed by atoms with Crippen molar-refractivity contribution < 1.29 is 37.7 Å². The SMILES string of the molecule is COc1ccc(C(=O)n2c(C)c(Cc3cccc(O[C@@H](C)C(=O)O)c3)c3cc(OC(F)F)ccc32)cc1. The van der Waals surface area contributed by atoms with Gasteiger partial charge in [-0.2, -0.15) is 8.78 Å². The van der Waals surface area contributed by atoms with Gasteiger partial charge in [0.05, 0.1) is 12.6 Å². The quantitative estimate of drug-likeness (QED) is 0.312. The minimum atomic E-state index is -2.99. The molecule has 4 aromatic rings. The Morgan fingerprint density at radius 2 is 1.62 bits per heavy atom. The van der Waals surface area contributed by atoms with E-state index in [0.29, 0.717) is 40.1 Å². The van der Waals surface area contributed by atoms with Gasteiger partial charge >= 0.3 is 12.6 Å². The van der Waals surface area contributed by atoms with Crippen LogP contribution in [0.2, 0.25) is 0 Å². The highest BCUT2D eigenvalue weighted by Crippen LogP contribution is 2.33. The molecule has 0 spiro atoms. The standard InChI is InChI=1S/C28H25F2NO6/c1-16-23(14-18-5-4-6-21(13-18)36-17(2)27(33)34)24-15-22(37-28(29)30)11-12-25(24)31(16)26(32)19-7-9-20(35-3)10-8-19/h4-13,15,17,28H,14H2,1-3H3,(H,33,34)/t17-/m0/s1. The van der Waals surface area contributed by atoms with Gasteiger partial charge < -0.3 is 19.3 Å². The van der Waals surface area contributed by atoms with Crippen LogP contribution in [0.4, 0.5) is 8.78 Å². The summed E-state index contributed by atoms with van der Waals surface area (Å²) in [6.07, 6.45) is -0.697. The molecular weight excluding hydrogens is 484 g/mol. The second kappa shape index (κ2) is 10.7. The molecule has 1 N–H and O–H groups in total. The molecule has 4 rings (SSSR count). The Morgan fingerprint density at radius 1 is 0.946 bits per heavy atom. The fraction of sp³-hybridized carbons (Fsp3) is 0.214. The molecule has 1 aromatic heterocycles. The lowest BCUT2D eigenvalue weighted by molar-refractivity contribution is -0.144. The summed E-state index contributed by atoms with van der Waals surface area (Å²) < 4.78 is 42.7. The maximum Gasteiger partial charge on any atom is 0.387 e. The minimum Gasteiger partial charge on any atom is -0.497 e. The molecule has 0 aliphatic heterocycles. The number of fused-ring (bicyclic) bond motifs is 1. The molecule has 7 nitrogen and oxygen atoms in total. The number of rotatable bonds is 9. The number of hydrogen-bond acceptors (Lipinski definition) is 5. The molecule has 0 unspecified atom stereocenters. The van der Waals surface area contributed by atoms with Crippen molar-refractivity contribution in [1.82, 2.24) is 4.57 Å². The molecule has 0 saturated heterocycles. The Balaban J connectivity index is 1.79. The van der Waals surface area contributed by atoms with E-state index in [0.717, 1.165) is 11.1 Å². The third-order valence-electron chi connectivity index (χ3n) is 6.01. The van der Waals surface area contributed by atoms with E-state index in [9.17, 15) is 18.4 Å². The van der Waals surface area contributed by atoms with Gasteiger partial charge in [-0.3, -0.25) is 9.36 Å². The predicted octanol–water partition coefficient (Wildman–Crippen LogP) is 5.69.